The average molecular weight is 540 g/mol. The Bertz CT molecular complexity index is 1330. The van der Waals surface area contributed by atoms with Crippen LogP contribution >= 0.6 is 11.6 Å². The first-order chi connectivity index (χ1) is 17.0. The number of aryl methyl sites for hydroxylation is 1. The Morgan fingerprint density at radius 1 is 1.00 bits per heavy atom. The molecule has 0 saturated carbocycles. The number of nitrogens with zero attached hydrogens (tertiary/aromatic N) is 1. The molecule has 192 valence electrons. The molecular weight excluding hydrogens is 515 g/mol. The van der Waals surface area contributed by atoms with Crippen LogP contribution < -0.4 is 4.31 Å². The van der Waals surface area contributed by atoms with E-state index >= 15 is 0 Å². The van der Waals surface area contributed by atoms with Gasteiger partial charge in [0.15, 0.2) is 0 Å². The Morgan fingerprint density at radius 2 is 1.64 bits per heavy atom. The van der Waals surface area contributed by atoms with E-state index in [0.29, 0.717) is 22.6 Å². The Kier molecular flexibility index (Phi) is 9.03. The van der Waals surface area contributed by atoms with E-state index < -0.39 is 45.2 Å². The van der Waals surface area contributed by atoms with Crippen molar-refractivity contribution >= 4 is 33.3 Å². The second-order valence-corrected chi connectivity index (χ2v) is 10.3. The summed E-state index contributed by atoms with van der Waals surface area (Å²) in [6, 6.07) is 10.5. The lowest BCUT2D eigenvalue weighted by Gasteiger charge is -2.32. The molecule has 5 nitrogen and oxygen atoms in total. The van der Waals surface area contributed by atoms with E-state index in [9.17, 15) is 26.4 Å². The van der Waals surface area contributed by atoms with Crippen molar-refractivity contribution < 1.29 is 31.1 Å². The number of ether oxygens (including phenoxy) is 1. The van der Waals surface area contributed by atoms with Gasteiger partial charge in [0.05, 0.1) is 23.2 Å². The molecule has 0 spiro atoms. The summed E-state index contributed by atoms with van der Waals surface area (Å²) in [5.41, 5.74) is 0.306. The van der Waals surface area contributed by atoms with Crippen LogP contribution in [0.15, 0.2) is 65.6 Å². The zero-order valence-electron chi connectivity index (χ0n) is 19.7. The van der Waals surface area contributed by atoms with Gasteiger partial charge in [-0.15, -0.1) is 0 Å². The Balaban J connectivity index is 2.09. The largest absolute Gasteiger partial charge is 0.466 e. The lowest BCUT2D eigenvalue weighted by atomic mass is 9.96. The molecule has 1 atom stereocenters. The molecule has 0 aliphatic heterocycles. The number of carbonyl (C=O) groups excluding carboxylic acids is 1. The molecule has 0 radical (unpaired) electrons. The number of sulfonamides is 1. The first-order valence-electron chi connectivity index (χ1n) is 11.2. The fourth-order valence-corrected chi connectivity index (χ4v) is 5.66. The highest BCUT2D eigenvalue weighted by Gasteiger charge is 2.33. The van der Waals surface area contributed by atoms with E-state index in [2.05, 4.69) is 0 Å². The van der Waals surface area contributed by atoms with Gasteiger partial charge >= 0.3 is 5.97 Å². The molecule has 0 aromatic heterocycles. The minimum atomic E-state index is -4.43. The van der Waals surface area contributed by atoms with Gasteiger partial charge in [-0.05, 0) is 86.3 Å². The smallest absolute Gasteiger partial charge is 0.305 e. The lowest BCUT2D eigenvalue weighted by Crippen LogP contribution is -2.35. The zero-order chi connectivity index (χ0) is 26.5. The maximum atomic E-state index is 14.9. The third-order valence-corrected chi connectivity index (χ3v) is 7.71. The monoisotopic (exact) mass is 539 g/mol. The number of benzene rings is 3. The summed E-state index contributed by atoms with van der Waals surface area (Å²) in [4.78, 5) is 11.5. The molecule has 0 aliphatic carbocycles. The van der Waals surface area contributed by atoms with Crippen molar-refractivity contribution in [2.45, 2.75) is 44.0 Å². The second-order valence-electron chi connectivity index (χ2n) is 8.03. The quantitative estimate of drug-likeness (QED) is 0.272. The van der Waals surface area contributed by atoms with E-state index in [4.69, 9.17) is 16.3 Å². The van der Waals surface area contributed by atoms with Gasteiger partial charge in [-0.25, -0.2) is 21.6 Å². The molecule has 0 amide bonds. The Hall–Kier alpha value is -3.04. The molecule has 0 fully saturated rings. The SMILES string of the molecule is CCOC(=O)CCCc1cc(F)ccc1C(C)N(c1cc(F)ccc1F)S(=O)(=O)c1ccc(Cl)cc1. The molecule has 0 bridgehead atoms. The second kappa shape index (κ2) is 11.8. The van der Waals surface area contributed by atoms with Crippen molar-refractivity contribution in [3.8, 4) is 0 Å². The zero-order valence-corrected chi connectivity index (χ0v) is 21.3. The maximum Gasteiger partial charge on any atom is 0.305 e. The third-order valence-electron chi connectivity index (χ3n) is 5.56. The van der Waals surface area contributed by atoms with Crippen molar-refractivity contribution in [1.82, 2.24) is 0 Å². The van der Waals surface area contributed by atoms with Crippen molar-refractivity contribution in [2.75, 3.05) is 10.9 Å². The molecule has 0 saturated heterocycles. The Morgan fingerprint density at radius 3 is 2.31 bits per heavy atom. The van der Waals surface area contributed by atoms with Crippen LogP contribution in [0.25, 0.3) is 0 Å². The van der Waals surface area contributed by atoms with Gasteiger partial charge in [0.2, 0.25) is 0 Å². The normalized spacial score (nSPS) is 12.3. The number of carbonyl (C=O) groups is 1. The van der Waals surface area contributed by atoms with Crippen LogP contribution in [-0.2, 0) is 26.0 Å². The number of esters is 1. The number of anilines is 1. The van der Waals surface area contributed by atoms with E-state index in [1.165, 1.54) is 43.3 Å². The number of hydrogen-bond donors (Lipinski definition) is 0. The highest BCUT2D eigenvalue weighted by Crippen LogP contribution is 2.37. The summed E-state index contributed by atoms with van der Waals surface area (Å²) in [6.07, 6.45) is 0.639. The predicted octanol–water partition coefficient (Wildman–Crippen LogP) is 6.60. The molecule has 3 aromatic rings. The number of hydrogen-bond acceptors (Lipinski definition) is 4. The van der Waals surface area contributed by atoms with Crippen molar-refractivity contribution in [3.05, 3.63) is 94.3 Å². The van der Waals surface area contributed by atoms with Gasteiger partial charge in [0.25, 0.3) is 10.0 Å². The first kappa shape index (κ1) is 27.5. The molecule has 3 aromatic carbocycles. The van der Waals surface area contributed by atoms with Gasteiger partial charge < -0.3 is 4.74 Å². The molecule has 1 unspecified atom stereocenters. The molecular formula is C26H25ClF3NO4S. The van der Waals surface area contributed by atoms with Gasteiger partial charge in [0, 0.05) is 17.5 Å². The van der Waals surface area contributed by atoms with Gasteiger partial charge in [0.1, 0.15) is 17.5 Å². The maximum absolute atomic E-state index is 14.9. The van der Waals surface area contributed by atoms with E-state index in [1.807, 2.05) is 0 Å². The summed E-state index contributed by atoms with van der Waals surface area (Å²) in [7, 11) is -4.43. The highest BCUT2D eigenvalue weighted by molar-refractivity contribution is 7.92. The van der Waals surface area contributed by atoms with Crippen molar-refractivity contribution in [2.24, 2.45) is 0 Å². The van der Waals surface area contributed by atoms with Crippen LogP contribution in [0, 0.1) is 17.5 Å². The molecule has 0 heterocycles. The fourth-order valence-electron chi connectivity index (χ4n) is 3.90. The van der Waals surface area contributed by atoms with E-state index in [-0.39, 0.29) is 24.3 Å². The average Bonchev–Trinajstić information content (AvgIpc) is 2.82. The van der Waals surface area contributed by atoms with Gasteiger partial charge in [-0.1, -0.05) is 17.7 Å². The number of rotatable bonds is 10. The molecule has 0 N–H and O–H groups in total. The standard InChI is InChI=1S/C26H25ClF3NO4S/c1-3-35-26(32)6-4-5-18-15-20(28)9-13-23(18)17(2)31(25-16-21(29)10-14-24(25)30)36(33,34)22-11-7-19(27)8-12-22/h7-17H,3-6H2,1-2H3. The molecule has 10 heteroatoms. The topological polar surface area (TPSA) is 63.7 Å². The highest BCUT2D eigenvalue weighted by atomic mass is 35.5. The van der Waals surface area contributed by atoms with E-state index in [0.717, 1.165) is 28.6 Å². The molecule has 3 rings (SSSR count). The lowest BCUT2D eigenvalue weighted by molar-refractivity contribution is -0.143. The van der Waals surface area contributed by atoms with Crippen LogP contribution in [0.5, 0.6) is 0 Å². The molecule has 0 aliphatic rings. The predicted molar refractivity (Wildman–Crippen MR) is 132 cm³/mol. The summed E-state index contributed by atoms with van der Waals surface area (Å²) in [6.45, 7) is 3.42. The van der Waals surface area contributed by atoms with Gasteiger partial charge in [-0.3, -0.25) is 9.10 Å². The van der Waals surface area contributed by atoms with Crippen LogP contribution in [0.3, 0.4) is 0 Å². The summed E-state index contributed by atoms with van der Waals surface area (Å²) in [5, 5.41) is 0.299. The summed E-state index contributed by atoms with van der Waals surface area (Å²) >= 11 is 5.90. The first-order valence-corrected chi connectivity index (χ1v) is 13.1. The van der Waals surface area contributed by atoms with Gasteiger partial charge in [-0.2, -0.15) is 0 Å². The minimum Gasteiger partial charge on any atom is -0.466 e. The number of halogens is 4. The van der Waals surface area contributed by atoms with Crippen molar-refractivity contribution in [1.29, 1.82) is 0 Å². The van der Waals surface area contributed by atoms with Crippen LogP contribution in [-0.4, -0.2) is 21.0 Å². The van der Waals surface area contributed by atoms with Crippen LogP contribution in [0.4, 0.5) is 18.9 Å². The molecule has 36 heavy (non-hydrogen) atoms. The van der Waals surface area contributed by atoms with Crippen LogP contribution in [0.2, 0.25) is 5.02 Å². The summed E-state index contributed by atoms with van der Waals surface area (Å²) < 4.78 is 76.4. The minimum absolute atomic E-state index is 0.0868. The fraction of sp³-hybridized carbons (Fsp3) is 0.269. The Labute approximate surface area is 213 Å². The third kappa shape index (κ3) is 6.39. The van der Waals surface area contributed by atoms with E-state index in [1.54, 1.807) is 6.92 Å². The summed E-state index contributed by atoms with van der Waals surface area (Å²) in [5.74, 6) is -2.74. The van der Waals surface area contributed by atoms with Crippen LogP contribution in [0.1, 0.15) is 43.9 Å². The van der Waals surface area contributed by atoms with Crippen molar-refractivity contribution in [3.63, 3.8) is 0 Å².